The van der Waals surface area contributed by atoms with Gasteiger partial charge in [0, 0.05) is 6.54 Å². The molecule has 6 N–H and O–H groups in total. The number of carbonyl (C=O) groups is 1. The van der Waals surface area contributed by atoms with Crippen molar-refractivity contribution in [2.45, 2.75) is 6.42 Å². The molecular weight excluding hydrogens is 499 g/mol. The van der Waals surface area contributed by atoms with Gasteiger partial charge in [-0.15, -0.1) is 0 Å². The summed E-state index contributed by atoms with van der Waals surface area (Å²) in [5, 5.41) is 22.3. The topological polar surface area (TPSA) is 163 Å². The van der Waals surface area contributed by atoms with E-state index in [-0.39, 0.29) is 53.2 Å². The van der Waals surface area contributed by atoms with E-state index in [1.54, 1.807) is 0 Å². The van der Waals surface area contributed by atoms with E-state index >= 15 is 0 Å². The summed E-state index contributed by atoms with van der Waals surface area (Å²) >= 11 is 3.07. The van der Waals surface area contributed by atoms with Gasteiger partial charge in [-0.1, -0.05) is 30.3 Å². The first kappa shape index (κ1) is 23.8. The van der Waals surface area contributed by atoms with Crippen LogP contribution >= 0.6 is 15.9 Å². The first-order valence-electron chi connectivity index (χ1n) is 9.60. The molecule has 33 heavy (non-hydrogen) atoms. The molecule has 1 heterocycles. The minimum absolute atomic E-state index is 0.0163. The standard InChI is InChI=1S/C20H20BrFN8O3/c21-14-11-13(6-7-15(14)22)26-19(28-32)17-18(30-33-29-17)24-8-9-25-20(23)27-16(31)10-12-4-2-1-3-5-12/h1-7,11,32H,8-10H2,(H,24,30)(H,26,28)(H3,23,25,27,31). The highest BCUT2D eigenvalue weighted by Gasteiger charge is 2.16. The van der Waals surface area contributed by atoms with Crippen molar-refractivity contribution in [2.75, 3.05) is 18.4 Å². The molecule has 11 nitrogen and oxygen atoms in total. The van der Waals surface area contributed by atoms with E-state index in [9.17, 15) is 14.4 Å². The number of aromatic nitrogens is 2. The molecule has 1 aromatic heterocycles. The highest BCUT2D eigenvalue weighted by atomic mass is 79.9. The van der Waals surface area contributed by atoms with Crippen molar-refractivity contribution < 1.29 is 19.0 Å². The minimum atomic E-state index is -0.450. The van der Waals surface area contributed by atoms with Gasteiger partial charge >= 0.3 is 0 Å². The summed E-state index contributed by atoms with van der Waals surface area (Å²) in [6.07, 6.45) is 0.185. The van der Waals surface area contributed by atoms with Crippen LogP contribution in [0, 0.1) is 5.82 Å². The second-order valence-electron chi connectivity index (χ2n) is 6.54. The van der Waals surface area contributed by atoms with Crippen LogP contribution in [-0.2, 0) is 11.2 Å². The van der Waals surface area contributed by atoms with Gasteiger partial charge in [-0.25, -0.2) is 14.0 Å². The summed E-state index contributed by atoms with van der Waals surface area (Å²) in [6, 6.07) is 13.3. The number of anilines is 1. The van der Waals surface area contributed by atoms with E-state index in [1.165, 1.54) is 18.2 Å². The lowest BCUT2D eigenvalue weighted by Gasteiger charge is -2.06. The second kappa shape index (κ2) is 11.7. The number of aliphatic imine (C=N–C) groups is 2. The van der Waals surface area contributed by atoms with Gasteiger partial charge in [0.15, 0.2) is 17.5 Å². The fourth-order valence-corrected chi connectivity index (χ4v) is 3.00. The van der Waals surface area contributed by atoms with Crippen molar-refractivity contribution in [1.29, 1.82) is 0 Å². The zero-order valence-electron chi connectivity index (χ0n) is 17.1. The summed E-state index contributed by atoms with van der Waals surface area (Å²) in [5.41, 5.74) is 8.96. The summed E-state index contributed by atoms with van der Waals surface area (Å²) in [4.78, 5) is 20.2. The van der Waals surface area contributed by atoms with Crippen molar-refractivity contribution >= 4 is 45.1 Å². The average Bonchev–Trinajstić information content (AvgIpc) is 3.26. The second-order valence-corrected chi connectivity index (χ2v) is 7.39. The van der Waals surface area contributed by atoms with Crippen LogP contribution < -0.4 is 21.8 Å². The number of nitrogens with zero attached hydrogens (tertiary/aromatic N) is 4. The molecule has 3 aromatic rings. The maximum Gasteiger partial charge on any atom is 0.231 e. The molecule has 13 heteroatoms. The molecule has 2 aromatic carbocycles. The maximum absolute atomic E-state index is 13.4. The van der Waals surface area contributed by atoms with E-state index in [0.29, 0.717) is 5.69 Å². The summed E-state index contributed by atoms with van der Waals surface area (Å²) in [6.45, 7) is 0.463. The number of halogens is 2. The summed E-state index contributed by atoms with van der Waals surface area (Å²) in [7, 11) is 0. The number of hydrogen-bond acceptors (Lipinski definition) is 8. The third-order valence-electron chi connectivity index (χ3n) is 4.12. The Morgan fingerprint density at radius 2 is 2.00 bits per heavy atom. The van der Waals surface area contributed by atoms with Crippen molar-refractivity contribution in [3.05, 3.63) is 70.1 Å². The van der Waals surface area contributed by atoms with Gasteiger partial charge in [-0.3, -0.25) is 25.8 Å². The number of benzene rings is 2. The van der Waals surface area contributed by atoms with Crippen LogP contribution in [0.25, 0.3) is 0 Å². The molecule has 0 spiro atoms. The minimum Gasteiger partial charge on any atom is -0.370 e. The highest BCUT2D eigenvalue weighted by Crippen LogP contribution is 2.23. The Bertz CT molecular complexity index is 1150. The van der Waals surface area contributed by atoms with Crippen molar-refractivity contribution in [3.8, 4) is 0 Å². The van der Waals surface area contributed by atoms with Crippen LogP contribution in [0.5, 0.6) is 0 Å². The van der Waals surface area contributed by atoms with Gasteiger partial charge < -0.3 is 11.1 Å². The first-order chi connectivity index (χ1) is 16.0. The molecule has 0 aliphatic heterocycles. The molecule has 1 amide bonds. The number of rotatable bonds is 8. The number of hydrogen-bond donors (Lipinski definition) is 5. The molecule has 0 unspecified atom stereocenters. The molecule has 0 bridgehead atoms. The van der Waals surface area contributed by atoms with Gasteiger partial charge in [0.2, 0.25) is 11.7 Å². The van der Waals surface area contributed by atoms with E-state index in [2.05, 4.69) is 46.9 Å². The molecular formula is C20H20BrFN8O3. The molecule has 0 aliphatic carbocycles. The van der Waals surface area contributed by atoms with Crippen LogP contribution in [-0.4, -0.2) is 46.3 Å². The summed E-state index contributed by atoms with van der Waals surface area (Å²) in [5.74, 6) is -0.640. The van der Waals surface area contributed by atoms with E-state index in [4.69, 9.17) is 10.4 Å². The number of amides is 1. The number of amidine groups is 1. The van der Waals surface area contributed by atoms with E-state index in [1.807, 2.05) is 35.8 Å². The fraction of sp³-hybridized carbons (Fsp3) is 0.150. The number of nitrogens with one attached hydrogen (secondary N) is 3. The monoisotopic (exact) mass is 518 g/mol. The Morgan fingerprint density at radius 1 is 1.21 bits per heavy atom. The molecule has 3 rings (SSSR count). The SMILES string of the molecule is NC(=NCCNc1nonc1C(=Nc1ccc(F)c(Br)c1)NO)NC(=O)Cc1ccccc1. The molecule has 172 valence electrons. The molecule has 0 saturated carbocycles. The zero-order chi connectivity index (χ0) is 23.6. The van der Waals surface area contributed by atoms with Crippen molar-refractivity contribution in [3.63, 3.8) is 0 Å². The van der Waals surface area contributed by atoms with Crippen LogP contribution in [0.2, 0.25) is 0 Å². The molecule has 0 fully saturated rings. The number of hydroxylamine groups is 1. The lowest BCUT2D eigenvalue weighted by molar-refractivity contribution is -0.119. The Hall–Kier alpha value is -3.84. The third kappa shape index (κ3) is 7.08. The van der Waals surface area contributed by atoms with Crippen molar-refractivity contribution in [1.82, 2.24) is 21.1 Å². The Kier molecular flexibility index (Phi) is 8.43. The lowest BCUT2D eigenvalue weighted by Crippen LogP contribution is -2.38. The number of carbonyl (C=O) groups excluding carboxylic acids is 1. The Morgan fingerprint density at radius 3 is 2.73 bits per heavy atom. The molecule has 0 aliphatic rings. The van der Waals surface area contributed by atoms with Crippen LogP contribution in [0.1, 0.15) is 11.3 Å². The highest BCUT2D eigenvalue weighted by molar-refractivity contribution is 9.10. The third-order valence-corrected chi connectivity index (χ3v) is 4.73. The Balaban J connectivity index is 1.55. The van der Waals surface area contributed by atoms with Crippen LogP contribution in [0.15, 0.2) is 67.6 Å². The maximum atomic E-state index is 13.4. The quantitative estimate of drug-likeness (QED) is 0.131. The van der Waals surface area contributed by atoms with Gasteiger partial charge in [-0.2, -0.15) is 0 Å². The number of nitrogens with two attached hydrogens (primary N) is 1. The predicted molar refractivity (Wildman–Crippen MR) is 123 cm³/mol. The van der Waals surface area contributed by atoms with Gasteiger partial charge in [0.25, 0.3) is 0 Å². The first-order valence-corrected chi connectivity index (χ1v) is 10.4. The van der Waals surface area contributed by atoms with Crippen LogP contribution in [0.4, 0.5) is 15.9 Å². The predicted octanol–water partition coefficient (Wildman–Crippen LogP) is 2.11. The van der Waals surface area contributed by atoms with Crippen LogP contribution in [0.3, 0.4) is 0 Å². The zero-order valence-corrected chi connectivity index (χ0v) is 18.7. The number of guanidine groups is 1. The van der Waals surface area contributed by atoms with Gasteiger partial charge in [-0.05, 0) is 50.0 Å². The van der Waals surface area contributed by atoms with E-state index < -0.39 is 5.82 Å². The smallest absolute Gasteiger partial charge is 0.231 e. The fourth-order valence-electron chi connectivity index (χ4n) is 2.63. The largest absolute Gasteiger partial charge is 0.370 e. The lowest BCUT2D eigenvalue weighted by atomic mass is 10.1. The molecule has 0 atom stereocenters. The Labute approximate surface area is 196 Å². The van der Waals surface area contributed by atoms with Gasteiger partial charge in [0.1, 0.15) is 5.82 Å². The molecule has 0 saturated heterocycles. The summed E-state index contributed by atoms with van der Waals surface area (Å²) < 4.78 is 18.3. The average molecular weight is 519 g/mol. The van der Waals surface area contributed by atoms with Crippen molar-refractivity contribution in [2.24, 2.45) is 15.7 Å². The van der Waals surface area contributed by atoms with E-state index in [0.717, 1.165) is 5.56 Å². The van der Waals surface area contributed by atoms with Gasteiger partial charge in [0.05, 0.1) is 23.1 Å². The molecule has 0 radical (unpaired) electrons. The normalized spacial score (nSPS) is 11.8.